The van der Waals surface area contributed by atoms with Gasteiger partial charge in [0.25, 0.3) is 0 Å². The lowest BCUT2D eigenvalue weighted by molar-refractivity contribution is 0.0647. The van der Waals surface area contributed by atoms with Gasteiger partial charge in [0.05, 0.1) is 0 Å². The molecule has 106 valence electrons. The monoisotopic (exact) mass is 261 g/mol. The van der Waals surface area contributed by atoms with E-state index in [9.17, 15) is 0 Å². The van der Waals surface area contributed by atoms with Crippen LogP contribution < -0.4 is 10.1 Å². The first kappa shape index (κ1) is 14.4. The standard InChI is InChI=1S/C17H27NO/c1-6-12(3)13-9-8-10-14-15(18-7-2)11-17(4,5)19-16(13)14/h8-10,12,15,18H,6-7,11H2,1-5H3. The molecular weight excluding hydrogens is 234 g/mol. The van der Waals surface area contributed by atoms with Crippen LogP contribution in [0.5, 0.6) is 5.75 Å². The lowest BCUT2D eigenvalue weighted by atomic mass is 9.86. The highest BCUT2D eigenvalue weighted by Gasteiger charge is 2.34. The van der Waals surface area contributed by atoms with Crippen LogP contribution in [0.15, 0.2) is 18.2 Å². The Kier molecular flexibility index (Phi) is 4.19. The van der Waals surface area contributed by atoms with Crippen molar-refractivity contribution in [3.05, 3.63) is 29.3 Å². The van der Waals surface area contributed by atoms with Crippen LogP contribution in [0.25, 0.3) is 0 Å². The van der Waals surface area contributed by atoms with E-state index in [-0.39, 0.29) is 5.60 Å². The molecule has 1 N–H and O–H groups in total. The molecule has 1 aliphatic heterocycles. The molecule has 2 nitrogen and oxygen atoms in total. The molecule has 2 heteroatoms. The Labute approximate surface area is 117 Å². The zero-order valence-electron chi connectivity index (χ0n) is 12.9. The lowest BCUT2D eigenvalue weighted by Gasteiger charge is -2.39. The highest BCUT2D eigenvalue weighted by Crippen LogP contribution is 2.43. The van der Waals surface area contributed by atoms with E-state index >= 15 is 0 Å². The maximum absolute atomic E-state index is 6.31. The number of rotatable bonds is 4. The number of ether oxygens (including phenoxy) is 1. The van der Waals surface area contributed by atoms with Gasteiger partial charge in [0.2, 0.25) is 0 Å². The van der Waals surface area contributed by atoms with Gasteiger partial charge in [-0.2, -0.15) is 0 Å². The molecule has 1 aromatic rings. The Morgan fingerprint density at radius 3 is 2.74 bits per heavy atom. The fourth-order valence-electron chi connectivity index (χ4n) is 2.92. The molecule has 1 heterocycles. The second-order valence-corrected chi connectivity index (χ2v) is 6.25. The summed E-state index contributed by atoms with van der Waals surface area (Å²) >= 11 is 0. The average molecular weight is 261 g/mol. The average Bonchev–Trinajstić information content (AvgIpc) is 2.36. The smallest absolute Gasteiger partial charge is 0.128 e. The minimum Gasteiger partial charge on any atom is -0.487 e. The first-order valence-corrected chi connectivity index (χ1v) is 7.53. The van der Waals surface area contributed by atoms with Crippen molar-refractivity contribution in [1.29, 1.82) is 0 Å². The molecule has 0 spiro atoms. The van der Waals surface area contributed by atoms with E-state index in [0.29, 0.717) is 12.0 Å². The zero-order valence-corrected chi connectivity index (χ0v) is 12.9. The van der Waals surface area contributed by atoms with Crippen molar-refractivity contribution in [2.75, 3.05) is 6.54 Å². The Balaban J connectivity index is 2.46. The van der Waals surface area contributed by atoms with Crippen LogP contribution in [-0.2, 0) is 0 Å². The van der Waals surface area contributed by atoms with Gasteiger partial charge in [-0.05, 0) is 38.3 Å². The second-order valence-electron chi connectivity index (χ2n) is 6.25. The van der Waals surface area contributed by atoms with Crippen molar-refractivity contribution in [2.24, 2.45) is 0 Å². The van der Waals surface area contributed by atoms with Crippen molar-refractivity contribution in [3.63, 3.8) is 0 Å². The van der Waals surface area contributed by atoms with Crippen LogP contribution in [0, 0.1) is 0 Å². The van der Waals surface area contributed by atoms with Gasteiger partial charge in [0.15, 0.2) is 0 Å². The van der Waals surface area contributed by atoms with Crippen LogP contribution in [0.2, 0.25) is 0 Å². The maximum atomic E-state index is 6.31. The molecule has 0 saturated heterocycles. The molecule has 1 aromatic carbocycles. The molecule has 2 rings (SSSR count). The summed E-state index contributed by atoms with van der Waals surface area (Å²) in [6.45, 7) is 12.1. The highest BCUT2D eigenvalue weighted by molar-refractivity contribution is 5.47. The number of hydrogen-bond acceptors (Lipinski definition) is 2. The van der Waals surface area contributed by atoms with Crippen LogP contribution >= 0.6 is 0 Å². The third kappa shape index (κ3) is 2.94. The molecule has 0 radical (unpaired) electrons. The van der Waals surface area contributed by atoms with Gasteiger partial charge >= 0.3 is 0 Å². The Hall–Kier alpha value is -1.02. The number of hydrogen-bond donors (Lipinski definition) is 1. The fraction of sp³-hybridized carbons (Fsp3) is 0.647. The van der Waals surface area contributed by atoms with Gasteiger partial charge in [0.1, 0.15) is 11.4 Å². The SMILES string of the molecule is CCNC1CC(C)(C)Oc2c(C(C)CC)cccc21. The molecule has 2 unspecified atom stereocenters. The van der Waals surface area contributed by atoms with Gasteiger partial charge in [0, 0.05) is 18.0 Å². The van der Waals surface area contributed by atoms with Gasteiger partial charge in [-0.25, -0.2) is 0 Å². The van der Waals surface area contributed by atoms with E-state index in [0.717, 1.165) is 25.1 Å². The third-order valence-corrected chi connectivity index (χ3v) is 4.12. The van der Waals surface area contributed by atoms with Gasteiger partial charge < -0.3 is 10.1 Å². The highest BCUT2D eigenvalue weighted by atomic mass is 16.5. The van der Waals surface area contributed by atoms with Gasteiger partial charge in [-0.15, -0.1) is 0 Å². The number of benzene rings is 1. The Morgan fingerprint density at radius 2 is 2.11 bits per heavy atom. The van der Waals surface area contributed by atoms with Crippen molar-refractivity contribution in [1.82, 2.24) is 5.32 Å². The first-order valence-electron chi connectivity index (χ1n) is 7.53. The van der Waals surface area contributed by atoms with E-state index in [1.165, 1.54) is 11.1 Å². The molecule has 2 atom stereocenters. The molecule has 1 aliphatic rings. The molecule has 0 saturated carbocycles. The quantitative estimate of drug-likeness (QED) is 0.866. The molecule has 0 bridgehead atoms. The van der Waals surface area contributed by atoms with Crippen LogP contribution in [0.1, 0.15) is 70.5 Å². The maximum Gasteiger partial charge on any atom is 0.128 e. The van der Waals surface area contributed by atoms with Gasteiger partial charge in [-0.1, -0.05) is 39.0 Å². The molecule has 0 amide bonds. The van der Waals surface area contributed by atoms with Gasteiger partial charge in [-0.3, -0.25) is 0 Å². The summed E-state index contributed by atoms with van der Waals surface area (Å²) in [4.78, 5) is 0. The normalized spacial score (nSPS) is 22.5. The third-order valence-electron chi connectivity index (χ3n) is 4.12. The fourth-order valence-corrected chi connectivity index (χ4v) is 2.92. The van der Waals surface area contributed by atoms with Crippen molar-refractivity contribution < 1.29 is 4.74 Å². The second kappa shape index (κ2) is 5.54. The minimum absolute atomic E-state index is 0.0938. The zero-order chi connectivity index (χ0) is 14.0. The molecule has 19 heavy (non-hydrogen) atoms. The summed E-state index contributed by atoms with van der Waals surface area (Å²) < 4.78 is 6.31. The number of nitrogens with one attached hydrogen (secondary N) is 1. The summed E-state index contributed by atoms with van der Waals surface area (Å²) in [5, 5.41) is 3.60. The Bertz CT molecular complexity index is 439. The summed E-state index contributed by atoms with van der Waals surface area (Å²) in [5.74, 6) is 1.67. The van der Waals surface area contributed by atoms with Crippen LogP contribution in [0.4, 0.5) is 0 Å². The minimum atomic E-state index is -0.0938. The van der Waals surface area contributed by atoms with Crippen molar-refractivity contribution in [3.8, 4) is 5.75 Å². The van der Waals surface area contributed by atoms with E-state index in [1.54, 1.807) is 0 Å². The summed E-state index contributed by atoms with van der Waals surface area (Å²) in [7, 11) is 0. The topological polar surface area (TPSA) is 21.3 Å². The summed E-state index contributed by atoms with van der Waals surface area (Å²) in [6, 6.07) is 7.01. The predicted octanol–water partition coefficient (Wildman–Crippen LogP) is 4.41. The van der Waals surface area contributed by atoms with Crippen molar-refractivity contribution in [2.45, 2.75) is 65.0 Å². The number of para-hydroxylation sites is 1. The summed E-state index contributed by atoms with van der Waals surface area (Å²) in [5.41, 5.74) is 2.60. The van der Waals surface area contributed by atoms with E-state index in [4.69, 9.17) is 4.74 Å². The summed E-state index contributed by atoms with van der Waals surface area (Å²) in [6.07, 6.45) is 2.17. The molecule has 0 aromatic heterocycles. The van der Waals surface area contributed by atoms with Crippen LogP contribution in [-0.4, -0.2) is 12.1 Å². The first-order chi connectivity index (χ1) is 8.98. The molecule has 0 fully saturated rings. The number of fused-ring (bicyclic) bond motifs is 1. The molecular formula is C17H27NO. The largest absolute Gasteiger partial charge is 0.487 e. The lowest BCUT2D eigenvalue weighted by Crippen LogP contribution is -2.40. The molecule has 0 aliphatic carbocycles. The predicted molar refractivity (Wildman–Crippen MR) is 80.9 cm³/mol. The van der Waals surface area contributed by atoms with E-state index in [1.807, 2.05) is 0 Å². The van der Waals surface area contributed by atoms with Crippen LogP contribution in [0.3, 0.4) is 0 Å². The van der Waals surface area contributed by atoms with Crippen molar-refractivity contribution >= 4 is 0 Å². The van der Waals surface area contributed by atoms with E-state index in [2.05, 4.69) is 58.1 Å². The van der Waals surface area contributed by atoms with E-state index < -0.39 is 0 Å². The Morgan fingerprint density at radius 1 is 1.37 bits per heavy atom.